The number of hydrogen-bond donors (Lipinski definition) is 1. The van der Waals surface area contributed by atoms with E-state index in [0.29, 0.717) is 17.9 Å². The zero-order chi connectivity index (χ0) is 22.6. The Morgan fingerprint density at radius 3 is 2.50 bits per heavy atom. The highest BCUT2D eigenvalue weighted by Crippen LogP contribution is 2.39. The molecule has 170 valence electrons. The van der Waals surface area contributed by atoms with E-state index in [1.807, 2.05) is 20.2 Å². The minimum atomic E-state index is 0.0785. The summed E-state index contributed by atoms with van der Waals surface area (Å²) in [5.74, 6) is 0.994. The molecule has 2 aliphatic rings. The second kappa shape index (κ2) is 8.20. The van der Waals surface area contributed by atoms with Crippen LogP contribution in [0.2, 0.25) is 0 Å². The summed E-state index contributed by atoms with van der Waals surface area (Å²) in [6.45, 7) is 12.6. The van der Waals surface area contributed by atoms with Crippen LogP contribution in [0.5, 0.6) is 0 Å². The van der Waals surface area contributed by atoms with Crippen molar-refractivity contribution in [1.29, 1.82) is 0 Å². The summed E-state index contributed by atoms with van der Waals surface area (Å²) in [6, 6.07) is 7.67. The van der Waals surface area contributed by atoms with Gasteiger partial charge in [-0.3, -0.25) is 9.69 Å². The van der Waals surface area contributed by atoms with Gasteiger partial charge < -0.3 is 14.3 Å². The van der Waals surface area contributed by atoms with Crippen LogP contribution >= 0.6 is 0 Å². The molecule has 2 fully saturated rings. The molecule has 1 aromatic carbocycles. The Morgan fingerprint density at radius 1 is 1.09 bits per heavy atom. The first-order valence-corrected chi connectivity index (χ1v) is 12.0. The van der Waals surface area contributed by atoms with Gasteiger partial charge in [0.05, 0.1) is 5.69 Å². The average molecular weight is 434 g/mol. The Labute approximate surface area is 190 Å². The number of hydrogen-bond acceptors (Lipinski definition) is 3. The van der Waals surface area contributed by atoms with Crippen LogP contribution in [-0.2, 0) is 11.8 Å². The number of aromatic amines is 1. The molecular formula is C27H35N3O2. The minimum absolute atomic E-state index is 0.0785. The molecule has 0 saturated carbocycles. The van der Waals surface area contributed by atoms with Gasteiger partial charge in [-0.15, -0.1) is 0 Å². The number of likely N-dealkylation sites (tertiary alicyclic amines) is 1. The zero-order valence-corrected chi connectivity index (χ0v) is 20.0. The number of fused-ring (bicyclic) bond motifs is 1. The third kappa shape index (κ3) is 3.52. The van der Waals surface area contributed by atoms with Gasteiger partial charge >= 0.3 is 0 Å². The van der Waals surface area contributed by atoms with E-state index in [4.69, 9.17) is 4.74 Å². The van der Waals surface area contributed by atoms with Crippen molar-refractivity contribution >= 4 is 10.9 Å². The van der Waals surface area contributed by atoms with Crippen molar-refractivity contribution in [3.8, 4) is 11.3 Å². The molecule has 2 aliphatic heterocycles. The second-order valence-electron chi connectivity index (χ2n) is 10.1. The number of benzene rings is 1. The zero-order valence-electron chi connectivity index (χ0n) is 20.0. The molecule has 0 spiro atoms. The van der Waals surface area contributed by atoms with Crippen LogP contribution < -0.4 is 5.56 Å². The predicted molar refractivity (Wildman–Crippen MR) is 131 cm³/mol. The number of H-pyrrole nitrogens is 1. The van der Waals surface area contributed by atoms with Gasteiger partial charge in [0.1, 0.15) is 0 Å². The SMILES string of the molecule is Cc1c(-c2[nH]c3ccc(C4CN(C5CCOCC5)C4)cc3c2C(C)C)cn(C)c(=O)c1C. The molecule has 0 amide bonds. The van der Waals surface area contributed by atoms with Crippen molar-refractivity contribution < 1.29 is 4.74 Å². The molecule has 0 radical (unpaired) electrons. The first-order valence-electron chi connectivity index (χ1n) is 12.0. The normalized spacial score (nSPS) is 18.6. The minimum Gasteiger partial charge on any atom is -0.381 e. The van der Waals surface area contributed by atoms with Crippen LogP contribution in [0.3, 0.4) is 0 Å². The average Bonchev–Trinajstić information content (AvgIpc) is 3.13. The topological polar surface area (TPSA) is 50.3 Å². The van der Waals surface area contributed by atoms with Crippen molar-refractivity contribution in [2.45, 2.75) is 58.4 Å². The van der Waals surface area contributed by atoms with E-state index in [2.05, 4.69) is 48.9 Å². The monoisotopic (exact) mass is 433 g/mol. The number of rotatable bonds is 4. The highest BCUT2D eigenvalue weighted by Gasteiger charge is 2.34. The number of aryl methyl sites for hydroxylation is 1. The molecule has 1 N–H and O–H groups in total. The summed E-state index contributed by atoms with van der Waals surface area (Å²) in [6.07, 6.45) is 4.32. The quantitative estimate of drug-likeness (QED) is 0.640. The number of pyridine rings is 1. The van der Waals surface area contributed by atoms with Crippen LogP contribution in [0.4, 0.5) is 0 Å². The molecule has 32 heavy (non-hydrogen) atoms. The second-order valence-corrected chi connectivity index (χ2v) is 10.1. The van der Waals surface area contributed by atoms with Gasteiger partial charge in [-0.25, -0.2) is 0 Å². The Hall–Kier alpha value is -2.37. The maximum Gasteiger partial charge on any atom is 0.253 e. The molecule has 5 nitrogen and oxygen atoms in total. The van der Waals surface area contributed by atoms with E-state index in [1.165, 1.54) is 34.9 Å². The van der Waals surface area contributed by atoms with E-state index in [9.17, 15) is 4.79 Å². The summed E-state index contributed by atoms with van der Waals surface area (Å²) in [4.78, 5) is 18.7. The molecule has 4 heterocycles. The van der Waals surface area contributed by atoms with Crippen LogP contribution in [-0.4, -0.2) is 46.8 Å². The third-order valence-electron chi connectivity index (χ3n) is 7.73. The molecule has 2 saturated heterocycles. The largest absolute Gasteiger partial charge is 0.381 e. The Bertz CT molecular complexity index is 1210. The number of ether oxygens (including phenoxy) is 1. The van der Waals surface area contributed by atoms with Gasteiger partial charge in [-0.2, -0.15) is 0 Å². The van der Waals surface area contributed by atoms with Crippen molar-refractivity contribution in [3.05, 3.63) is 57.0 Å². The maximum absolute atomic E-state index is 12.4. The van der Waals surface area contributed by atoms with Gasteiger partial charge in [0.25, 0.3) is 5.56 Å². The Balaban J connectivity index is 1.51. The summed E-state index contributed by atoms with van der Waals surface area (Å²) < 4.78 is 7.24. The van der Waals surface area contributed by atoms with Crippen molar-refractivity contribution in [3.63, 3.8) is 0 Å². The standard InChI is InChI=1S/C27H35N3O2/c1-16(2)25-22-12-19(20-13-30(14-20)21-8-10-32-11-9-21)6-7-24(22)28-26(25)23-15-29(5)27(31)18(4)17(23)3/h6-7,12,15-16,20-21,28H,8-11,13-14H2,1-5H3. The van der Waals surface area contributed by atoms with E-state index in [1.54, 1.807) is 4.57 Å². The molecule has 0 aliphatic carbocycles. The molecule has 0 unspecified atom stereocenters. The number of nitrogens with one attached hydrogen (secondary N) is 1. The molecule has 0 bridgehead atoms. The smallest absolute Gasteiger partial charge is 0.253 e. The summed E-state index contributed by atoms with van der Waals surface area (Å²) >= 11 is 0. The number of aromatic nitrogens is 2. The Morgan fingerprint density at radius 2 is 1.81 bits per heavy atom. The molecule has 3 aromatic rings. The highest BCUT2D eigenvalue weighted by atomic mass is 16.5. The van der Waals surface area contributed by atoms with Gasteiger partial charge in [0.2, 0.25) is 0 Å². The van der Waals surface area contributed by atoms with Gasteiger partial charge in [-0.05, 0) is 61.4 Å². The van der Waals surface area contributed by atoms with Gasteiger partial charge in [0, 0.05) is 73.5 Å². The fraction of sp³-hybridized carbons (Fsp3) is 0.519. The van der Waals surface area contributed by atoms with E-state index in [-0.39, 0.29) is 5.56 Å². The first kappa shape index (κ1) is 21.5. The lowest BCUT2D eigenvalue weighted by Gasteiger charge is -2.46. The Kier molecular flexibility index (Phi) is 5.50. The third-order valence-corrected chi connectivity index (χ3v) is 7.73. The van der Waals surface area contributed by atoms with Crippen molar-refractivity contribution in [1.82, 2.24) is 14.5 Å². The van der Waals surface area contributed by atoms with E-state index in [0.717, 1.165) is 48.7 Å². The van der Waals surface area contributed by atoms with Gasteiger partial charge in [0.15, 0.2) is 0 Å². The van der Waals surface area contributed by atoms with Gasteiger partial charge in [-0.1, -0.05) is 19.9 Å². The van der Waals surface area contributed by atoms with Crippen LogP contribution in [0, 0.1) is 13.8 Å². The first-order chi connectivity index (χ1) is 15.3. The molecule has 5 heteroatoms. The predicted octanol–water partition coefficient (Wildman–Crippen LogP) is 4.85. The van der Waals surface area contributed by atoms with Crippen LogP contribution in [0.25, 0.3) is 22.2 Å². The van der Waals surface area contributed by atoms with Crippen LogP contribution in [0.15, 0.2) is 29.2 Å². The van der Waals surface area contributed by atoms with Crippen LogP contribution in [0.1, 0.15) is 60.8 Å². The molecule has 2 aromatic heterocycles. The molecular weight excluding hydrogens is 398 g/mol. The lowest BCUT2D eigenvalue weighted by atomic mass is 9.87. The molecule has 5 rings (SSSR count). The molecule has 0 atom stereocenters. The lowest BCUT2D eigenvalue weighted by Crippen LogP contribution is -2.52. The number of nitrogens with zero attached hydrogens (tertiary/aromatic N) is 2. The lowest BCUT2D eigenvalue weighted by molar-refractivity contribution is 0.00165. The van der Waals surface area contributed by atoms with E-state index >= 15 is 0 Å². The summed E-state index contributed by atoms with van der Waals surface area (Å²) in [5, 5.41) is 1.32. The van der Waals surface area contributed by atoms with E-state index < -0.39 is 0 Å². The fourth-order valence-corrected chi connectivity index (χ4v) is 5.60. The highest BCUT2D eigenvalue weighted by molar-refractivity contribution is 5.92. The summed E-state index contributed by atoms with van der Waals surface area (Å²) in [7, 11) is 1.84. The van der Waals surface area contributed by atoms with Crippen molar-refractivity contribution in [2.24, 2.45) is 7.05 Å². The maximum atomic E-state index is 12.4. The fourth-order valence-electron chi connectivity index (χ4n) is 5.60. The summed E-state index contributed by atoms with van der Waals surface area (Å²) in [5.41, 5.74) is 8.22. The van der Waals surface area contributed by atoms with Crippen molar-refractivity contribution in [2.75, 3.05) is 26.3 Å².